The molecule has 0 aliphatic heterocycles. The molecule has 0 saturated heterocycles. The van der Waals surface area contributed by atoms with E-state index in [0.717, 1.165) is 0 Å². The predicted octanol–water partition coefficient (Wildman–Crippen LogP) is 2.38. The van der Waals surface area contributed by atoms with Gasteiger partial charge >= 0.3 is 0 Å². The number of nitrogens with one attached hydrogen (secondary N) is 1. The van der Waals surface area contributed by atoms with E-state index in [1.807, 2.05) is 6.07 Å². The molecule has 0 bridgehead atoms. The molecule has 2 rings (SSSR count). The Kier molecular flexibility index (Phi) is 4.12. The number of hydrogen-bond acceptors (Lipinski definition) is 5. The van der Waals surface area contributed by atoms with Crippen LogP contribution in [0.15, 0.2) is 23.6 Å². The molecule has 1 aromatic carbocycles. The van der Waals surface area contributed by atoms with Gasteiger partial charge in [-0.1, -0.05) is 11.6 Å². The normalized spacial score (nSPS) is 9.95. The molecule has 5 nitrogen and oxygen atoms in total. The van der Waals surface area contributed by atoms with Gasteiger partial charge < -0.3 is 11.1 Å². The lowest BCUT2D eigenvalue weighted by atomic mass is 10.2. The second-order valence-corrected chi connectivity index (χ2v) is 4.94. The van der Waals surface area contributed by atoms with E-state index in [0.29, 0.717) is 33.5 Å². The fourth-order valence-electron chi connectivity index (χ4n) is 1.39. The van der Waals surface area contributed by atoms with Gasteiger partial charge in [-0.2, -0.15) is 5.26 Å². The van der Waals surface area contributed by atoms with Crippen LogP contribution < -0.4 is 11.1 Å². The van der Waals surface area contributed by atoms with E-state index in [-0.39, 0.29) is 5.91 Å². The van der Waals surface area contributed by atoms with Crippen LogP contribution in [-0.2, 0) is 6.54 Å². The van der Waals surface area contributed by atoms with Crippen LogP contribution in [0.3, 0.4) is 0 Å². The maximum absolute atomic E-state index is 11.9. The van der Waals surface area contributed by atoms with Gasteiger partial charge in [0.1, 0.15) is 16.8 Å². The van der Waals surface area contributed by atoms with Crippen molar-refractivity contribution in [3.05, 3.63) is 44.9 Å². The van der Waals surface area contributed by atoms with Crippen LogP contribution >= 0.6 is 22.9 Å². The average Bonchev–Trinajstić information content (AvgIpc) is 2.88. The van der Waals surface area contributed by atoms with E-state index < -0.39 is 0 Å². The topological polar surface area (TPSA) is 91.8 Å². The molecule has 0 aliphatic rings. The van der Waals surface area contributed by atoms with Crippen molar-refractivity contribution in [1.29, 1.82) is 5.26 Å². The Hall–Kier alpha value is -1.94. The number of nitrogens with zero attached hydrogens (tertiary/aromatic N) is 2. The third-order valence-corrected chi connectivity index (χ3v) is 3.49. The van der Waals surface area contributed by atoms with Gasteiger partial charge in [0.2, 0.25) is 0 Å². The molecule has 0 radical (unpaired) electrons. The molecule has 0 fully saturated rings. The molecular formula is C12H9ClN4OS. The number of carbonyl (C=O) groups excluding carboxylic acids is 1. The van der Waals surface area contributed by atoms with Crippen LogP contribution in [0.25, 0.3) is 0 Å². The van der Waals surface area contributed by atoms with E-state index in [4.69, 9.17) is 22.6 Å². The molecule has 19 heavy (non-hydrogen) atoms. The van der Waals surface area contributed by atoms with Crippen LogP contribution in [0.5, 0.6) is 0 Å². The Morgan fingerprint density at radius 1 is 1.58 bits per heavy atom. The zero-order valence-corrected chi connectivity index (χ0v) is 11.3. The number of nitrogens with two attached hydrogens (primary N) is 1. The molecule has 0 atom stereocenters. The molecule has 0 saturated carbocycles. The maximum atomic E-state index is 11.9. The summed E-state index contributed by atoms with van der Waals surface area (Å²) in [4.78, 5) is 16.0. The summed E-state index contributed by atoms with van der Waals surface area (Å²) in [6.45, 7) is 0.306. The fourth-order valence-corrected chi connectivity index (χ4v) is 2.27. The summed E-state index contributed by atoms with van der Waals surface area (Å²) in [5.74, 6) is -0.336. The summed E-state index contributed by atoms with van der Waals surface area (Å²) >= 11 is 7.21. The zero-order chi connectivity index (χ0) is 13.8. The van der Waals surface area contributed by atoms with Gasteiger partial charge in [0, 0.05) is 17.6 Å². The summed E-state index contributed by atoms with van der Waals surface area (Å²) in [7, 11) is 0. The highest BCUT2D eigenvalue weighted by molar-refractivity contribution is 7.09. The first kappa shape index (κ1) is 13.5. The smallest absolute Gasteiger partial charge is 0.275 e. The first-order chi connectivity index (χ1) is 9.13. The summed E-state index contributed by atoms with van der Waals surface area (Å²) in [5.41, 5.74) is 6.62. The third kappa shape index (κ3) is 3.09. The van der Waals surface area contributed by atoms with Gasteiger partial charge in [0.05, 0.1) is 10.6 Å². The van der Waals surface area contributed by atoms with Crippen LogP contribution in [0.2, 0.25) is 5.02 Å². The van der Waals surface area contributed by atoms with Gasteiger partial charge in [-0.05, 0) is 18.2 Å². The number of rotatable bonds is 3. The standard InChI is InChI=1S/C12H9ClN4OS/c13-9-3-8(2-1-7(9)4-14)16-12(18)10-6-19-11(5-15)17-10/h1-3,6H,5,15H2,(H,16,18). The summed E-state index contributed by atoms with van der Waals surface area (Å²) in [6, 6.07) is 6.63. The summed E-state index contributed by atoms with van der Waals surface area (Å²) < 4.78 is 0. The van der Waals surface area contributed by atoms with Gasteiger partial charge in [-0.25, -0.2) is 4.98 Å². The van der Waals surface area contributed by atoms with Gasteiger partial charge in [0.25, 0.3) is 5.91 Å². The first-order valence-electron chi connectivity index (χ1n) is 5.29. The zero-order valence-electron chi connectivity index (χ0n) is 9.68. The Morgan fingerprint density at radius 2 is 2.37 bits per heavy atom. The Bertz CT molecular complexity index is 662. The lowest BCUT2D eigenvalue weighted by Gasteiger charge is -2.04. The van der Waals surface area contributed by atoms with Gasteiger partial charge in [-0.3, -0.25) is 4.79 Å². The van der Waals surface area contributed by atoms with Crippen molar-refractivity contribution < 1.29 is 4.79 Å². The van der Waals surface area contributed by atoms with Gasteiger partial charge in [-0.15, -0.1) is 11.3 Å². The minimum absolute atomic E-state index is 0.293. The highest BCUT2D eigenvalue weighted by Gasteiger charge is 2.11. The van der Waals surface area contributed by atoms with Crippen LogP contribution in [0.1, 0.15) is 21.1 Å². The van der Waals surface area contributed by atoms with Crippen LogP contribution in [0, 0.1) is 11.3 Å². The average molecular weight is 293 g/mol. The Labute approximate surface area is 118 Å². The lowest BCUT2D eigenvalue weighted by Crippen LogP contribution is -2.12. The quantitative estimate of drug-likeness (QED) is 0.908. The predicted molar refractivity (Wildman–Crippen MR) is 74.1 cm³/mol. The summed E-state index contributed by atoms with van der Waals surface area (Å²) in [5, 5.41) is 14.0. The van der Waals surface area contributed by atoms with Crippen molar-refractivity contribution in [3.63, 3.8) is 0 Å². The minimum Gasteiger partial charge on any atom is -0.325 e. The van der Waals surface area contributed by atoms with E-state index in [2.05, 4.69) is 10.3 Å². The number of nitriles is 1. The second kappa shape index (κ2) is 5.80. The van der Waals surface area contributed by atoms with Crippen molar-refractivity contribution in [2.24, 2.45) is 5.73 Å². The lowest BCUT2D eigenvalue weighted by molar-refractivity contribution is 0.102. The van der Waals surface area contributed by atoms with E-state index >= 15 is 0 Å². The number of hydrogen-bond donors (Lipinski definition) is 2. The molecule has 0 spiro atoms. The van der Waals surface area contributed by atoms with Crippen LogP contribution in [0.4, 0.5) is 5.69 Å². The highest BCUT2D eigenvalue weighted by Crippen LogP contribution is 2.21. The molecule has 2 aromatic rings. The van der Waals surface area contributed by atoms with Crippen molar-refractivity contribution in [2.75, 3.05) is 5.32 Å². The molecule has 0 unspecified atom stereocenters. The van der Waals surface area contributed by atoms with Gasteiger partial charge in [0.15, 0.2) is 0 Å². The number of halogens is 1. The molecule has 3 N–H and O–H groups in total. The van der Waals surface area contributed by atoms with Crippen molar-refractivity contribution >= 4 is 34.5 Å². The number of anilines is 1. The number of thiazole rings is 1. The molecule has 7 heteroatoms. The molecule has 1 aromatic heterocycles. The second-order valence-electron chi connectivity index (χ2n) is 3.59. The molecule has 0 aliphatic carbocycles. The monoisotopic (exact) mass is 292 g/mol. The number of carbonyl (C=O) groups is 1. The van der Waals surface area contributed by atoms with Crippen LogP contribution in [-0.4, -0.2) is 10.9 Å². The van der Waals surface area contributed by atoms with Crippen molar-refractivity contribution in [1.82, 2.24) is 4.98 Å². The summed E-state index contributed by atoms with van der Waals surface area (Å²) in [6.07, 6.45) is 0. The number of aromatic nitrogens is 1. The SMILES string of the molecule is N#Cc1ccc(NC(=O)c2csc(CN)n2)cc1Cl. The molecule has 1 amide bonds. The first-order valence-corrected chi connectivity index (χ1v) is 6.55. The largest absolute Gasteiger partial charge is 0.325 e. The molecule has 1 heterocycles. The van der Waals surface area contributed by atoms with E-state index in [9.17, 15) is 4.79 Å². The molecular weight excluding hydrogens is 284 g/mol. The Morgan fingerprint density at radius 3 is 2.95 bits per heavy atom. The highest BCUT2D eigenvalue weighted by atomic mass is 35.5. The third-order valence-electron chi connectivity index (χ3n) is 2.31. The van der Waals surface area contributed by atoms with E-state index in [1.54, 1.807) is 17.5 Å². The maximum Gasteiger partial charge on any atom is 0.275 e. The molecule has 96 valence electrons. The fraction of sp³-hybridized carbons (Fsp3) is 0.0833. The van der Waals surface area contributed by atoms with E-state index in [1.165, 1.54) is 17.4 Å². The number of benzene rings is 1. The van der Waals surface area contributed by atoms with Crippen molar-refractivity contribution in [3.8, 4) is 6.07 Å². The van der Waals surface area contributed by atoms with Crippen molar-refractivity contribution in [2.45, 2.75) is 6.54 Å². The minimum atomic E-state index is -0.336. The number of amides is 1. The Balaban J connectivity index is 2.15.